The summed E-state index contributed by atoms with van der Waals surface area (Å²) in [4.78, 5) is 37.6. The Kier molecular flexibility index (Phi) is 43.0. The molecule has 57 heavy (non-hydrogen) atoms. The molecule has 6 heteroatoms. The third-order valence-corrected chi connectivity index (χ3v) is 9.70. The molecule has 0 aliphatic heterocycles. The first-order chi connectivity index (χ1) is 28.0. The van der Waals surface area contributed by atoms with Crippen molar-refractivity contribution in [3.63, 3.8) is 0 Å². The van der Waals surface area contributed by atoms with E-state index in [4.69, 9.17) is 14.2 Å². The minimum atomic E-state index is -0.784. The van der Waals surface area contributed by atoms with Gasteiger partial charge in [0, 0.05) is 19.3 Å². The van der Waals surface area contributed by atoms with Crippen LogP contribution in [0.2, 0.25) is 0 Å². The van der Waals surface area contributed by atoms with Crippen LogP contribution in [0.25, 0.3) is 0 Å². The summed E-state index contributed by atoms with van der Waals surface area (Å²) >= 11 is 0. The molecule has 326 valence electrons. The van der Waals surface area contributed by atoms with Crippen LogP contribution in [0.4, 0.5) is 0 Å². The van der Waals surface area contributed by atoms with Gasteiger partial charge in [-0.05, 0) is 83.5 Å². The summed E-state index contributed by atoms with van der Waals surface area (Å²) in [5.74, 6) is -0.929. The monoisotopic (exact) mass is 795 g/mol. The Morgan fingerprint density at radius 1 is 0.368 bits per heavy atom. The Morgan fingerprint density at radius 3 is 1.12 bits per heavy atom. The first-order valence-corrected chi connectivity index (χ1v) is 23.4. The van der Waals surface area contributed by atoms with Gasteiger partial charge in [0.15, 0.2) is 6.10 Å². The van der Waals surface area contributed by atoms with Gasteiger partial charge < -0.3 is 14.2 Å². The molecular formula is C51H86O6. The SMILES string of the molecule is CC/C=C\C/C=C\C/C=C\C/C=C\CCCCCCCCC(=O)OCC(COC(=O)CCCCCCCC)OC(=O)CCCCCCC/C=C\C/C=C\CCCC. The molecule has 0 N–H and O–H groups in total. The van der Waals surface area contributed by atoms with Crippen LogP contribution in [0.3, 0.4) is 0 Å². The Bertz CT molecular complexity index is 1100. The number of carbonyl (C=O) groups is 3. The average molecular weight is 795 g/mol. The van der Waals surface area contributed by atoms with E-state index < -0.39 is 6.10 Å². The van der Waals surface area contributed by atoms with Crippen LogP contribution in [0.15, 0.2) is 72.9 Å². The maximum absolute atomic E-state index is 12.7. The number of rotatable bonds is 41. The van der Waals surface area contributed by atoms with E-state index in [1.165, 1.54) is 57.8 Å². The molecule has 0 saturated carbocycles. The van der Waals surface area contributed by atoms with Gasteiger partial charge >= 0.3 is 17.9 Å². The second kappa shape index (κ2) is 45.6. The summed E-state index contributed by atoms with van der Waals surface area (Å²) in [6.45, 7) is 6.38. The van der Waals surface area contributed by atoms with E-state index >= 15 is 0 Å². The maximum Gasteiger partial charge on any atom is 0.306 e. The summed E-state index contributed by atoms with van der Waals surface area (Å²) in [5, 5.41) is 0. The molecule has 0 spiro atoms. The molecule has 0 heterocycles. The van der Waals surface area contributed by atoms with E-state index in [9.17, 15) is 14.4 Å². The van der Waals surface area contributed by atoms with Crippen molar-refractivity contribution in [3.05, 3.63) is 72.9 Å². The fourth-order valence-corrected chi connectivity index (χ4v) is 6.15. The van der Waals surface area contributed by atoms with Crippen LogP contribution < -0.4 is 0 Å². The zero-order valence-electron chi connectivity index (χ0n) is 37.1. The highest BCUT2D eigenvalue weighted by atomic mass is 16.6. The molecule has 0 aromatic rings. The van der Waals surface area contributed by atoms with Crippen LogP contribution in [0.1, 0.15) is 213 Å². The maximum atomic E-state index is 12.7. The number of carbonyl (C=O) groups excluding carboxylic acids is 3. The molecule has 1 unspecified atom stereocenters. The largest absolute Gasteiger partial charge is 0.462 e. The average Bonchev–Trinajstić information content (AvgIpc) is 3.21. The third kappa shape index (κ3) is 43.8. The second-order valence-electron chi connectivity index (χ2n) is 15.3. The Labute approximate surface area is 351 Å². The smallest absolute Gasteiger partial charge is 0.306 e. The van der Waals surface area contributed by atoms with E-state index in [0.717, 1.165) is 116 Å². The molecule has 1 atom stereocenters. The standard InChI is InChI=1S/C51H86O6/c1-4-7-10-13-16-18-20-22-24-25-26-27-28-30-31-33-35-38-41-44-50(53)56-47-48(46-55-49(52)43-40-37-15-12-9-6-3)57-51(54)45-42-39-36-34-32-29-23-21-19-17-14-11-8-5-2/h7,10,14,16-18,21-24,26-27,48H,4-6,8-9,11-13,15,19-20,25,28-47H2,1-3H3/b10-7-,17-14-,18-16-,23-21-,24-22-,27-26-. The third-order valence-electron chi connectivity index (χ3n) is 9.70. The number of unbranched alkanes of at least 4 members (excludes halogenated alkanes) is 18. The number of allylic oxidation sites excluding steroid dienone is 12. The zero-order valence-corrected chi connectivity index (χ0v) is 37.1. The molecule has 0 aliphatic carbocycles. The van der Waals surface area contributed by atoms with Crippen molar-refractivity contribution in [1.29, 1.82) is 0 Å². The van der Waals surface area contributed by atoms with Gasteiger partial charge in [-0.15, -0.1) is 0 Å². The summed E-state index contributed by atoms with van der Waals surface area (Å²) < 4.78 is 16.6. The van der Waals surface area contributed by atoms with Gasteiger partial charge in [0.1, 0.15) is 13.2 Å². The molecule has 0 radical (unpaired) electrons. The van der Waals surface area contributed by atoms with Gasteiger partial charge in [-0.2, -0.15) is 0 Å². The Balaban J connectivity index is 4.30. The molecule has 0 rings (SSSR count). The van der Waals surface area contributed by atoms with Gasteiger partial charge in [-0.25, -0.2) is 0 Å². The summed E-state index contributed by atoms with van der Waals surface area (Å²) in [6.07, 6.45) is 56.1. The second-order valence-corrected chi connectivity index (χ2v) is 15.3. The summed E-state index contributed by atoms with van der Waals surface area (Å²) in [6, 6.07) is 0. The predicted octanol–water partition coefficient (Wildman–Crippen LogP) is 15.1. The minimum Gasteiger partial charge on any atom is -0.462 e. The molecule has 0 aromatic carbocycles. The van der Waals surface area contributed by atoms with Gasteiger partial charge in [-0.3, -0.25) is 14.4 Å². The van der Waals surface area contributed by atoms with E-state index in [0.29, 0.717) is 19.3 Å². The van der Waals surface area contributed by atoms with Gasteiger partial charge in [0.2, 0.25) is 0 Å². The number of hydrogen-bond acceptors (Lipinski definition) is 6. The lowest BCUT2D eigenvalue weighted by atomic mass is 10.1. The van der Waals surface area contributed by atoms with Crippen LogP contribution in [0.5, 0.6) is 0 Å². The molecule has 0 aromatic heterocycles. The normalized spacial score (nSPS) is 12.7. The molecule has 6 nitrogen and oxygen atoms in total. The van der Waals surface area contributed by atoms with E-state index in [1.807, 2.05) is 0 Å². The Morgan fingerprint density at radius 2 is 0.702 bits per heavy atom. The lowest BCUT2D eigenvalue weighted by Crippen LogP contribution is -2.30. The molecular weight excluding hydrogens is 709 g/mol. The fourth-order valence-electron chi connectivity index (χ4n) is 6.15. The summed E-state index contributed by atoms with van der Waals surface area (Å²) in [5.41, 5.74) is 0. The van der Waals surface area contributed by atoms with Gasteiger partial charge in [0.25, 0.3) is 0 Å². The Hall–Kier alpha value is -3.15. The molecule has 0 aliphatic rings. The van der Waals surface area contributed by atoms with Gasteiger partial charge in [-0.1, -0.05) is 184 Å². The topological polar surface area (TPSA) is 78.9 Å². The molecule has 0 fully saturated rings. The highest BCUT2D eigenvalue weighted by Crippen LogP contribution is 2.13. The first-order valence-electron chi connectivity index (χ1n) is 23.4. The number of esters is 3. The van der Waals surface area contributed by atoms with Crippen LogP contribution in [0, 0.1) is 0 Å². The van der Waals surface area contributed by atoms with Crippen LogP contribution in [-0.2, 0) is 28.6 Å². The molecule has 0 amide bonds. The lowest BCUT2D eigenvalue weighted by Gasteiger charge is -2.18. The quantitative estimate of drug-likeness (QED) is 0.0265. The van der Waals surface area contributed by atoms with Crippen molar-refractivity contribution >= 4 is 17.9 Å². The first kappa shape index (κ1) is 53.9. The van der Waals surface area contributed by atoms with Gasteiger partial charge in [0.05, 0.1) is 0 Å². The lowest BCUT2D eigenvalue weighted by molar-refractivity contribution is -0.167. The highest BCUT2D eigenvalue weighted by Gasteiger charge is 2.19. The molecule has 0 saturated heterocycles. The van der Waals surface area contributed by atoms with E-state index in [1.54, 1.807) is 0 Å². The van der Waals surface area contributed by atoms with Crippen LogP contribution in [-0.4, -0.2) is 37.2 Å². The number of ether oxygens (including phenoxy) is 3. The van der Waals surface area contributed by atoms with Crippen molar-refractivity contribution in [2.45, 2.75) is 219 Å². The molecule has 0 bridgehead atoms. The van der Waals surface area contributed by atoms with Crippen molar-refractivity contribution in [1.82, 2.24) is 0 Å². The summed E-state index contributed by atoms with van der Waals surface area (Å²) in [7, 11) is 0. The highest BCUT2D eigenvalue weighted by molar-refractivity contribution is 5.71. The fraction of sp³-hybridized carbons (Fsp3) is 0.706. The van der Waals surface area contributed by atoms with Crippen LogP contribution >= 0.6 is 0 Å². The zero-order chi connectivity index (χ0) is 41.5. The van der Waals surface area contributed by atoms with Crippen molar-refractivity contribution in [2.24, 2.45) is 0 Å². The van der Waals surface area contributed by atoms with Crippen molar-refractivity contribution in [3.8, 4) is 0 Å². The van der Waals surface area contributed by atoms with E-state index in [2.05, 4.69) is 93.7 Å². The van der Waals surface area contributed by atoms with Crippen molar-refractivity contribution in [2.75, 3.05) is 13.2 Å². The number of hydrogen-bond donors (Lipinski definition) is 0. The minimum absolute atomic E-state index is 0.0867. The van der Waals surface area contributed by atoms with E-state index in [-0.39, 0.29) is 31.1 Å². The van der Waals surface area contributed by atoms with Crippen molar-refractivity contribution < 1.29 is 28.6 Å². The predicted molar refractivity (Wildman–Crippen MR) is 242 cm³/mol.